The summed E-state index contributed by atoms with van der Waals surface area (Å²) in [5.41, 5.74) is 0.497. The molecule has 13 heavy (non-hydrogen) atoms. The molecule has 72 valence electrons. The topological polar surface area (TPSA) is 81.5 Å². The first-order valence-corrected chi connectivity index (χ1v) is 3.69. The summed E-state index contributed by atoms with van der Waals surface area (Å²) in [4.78, 5) is 10.3. The molecular weight excluding hydrogens is 170 g/mol. The summed E-state index contributed by atoms with van der Waals surface area (Å²) in [6.07, 6.45) is 0.710. The van der Waals surface area contributed by atoms with Gasteiger partial charge in [0, 0.05) is 5.56 Å². The van der Waals surface area contributed by atoms with Crippen LogP contribution >= 0.6 is 0 Å². The minimum atomic E-state index is 0. The highest BCUT2D eigenvalue weighted by molar-refractivity contribution is 5.76. The molecule has 1 aromatic rings. The number of aldehydes is 1. The zero-order chi connectivity index (χ0) is 8.97. The number of carbonyl (C=O) groups is 1. The number of hydrogen-bond donors (Lipinski definition) is 2. The van der Waals surface area contributed by atoms with E-state index in [0.717, 1.165) is 0 Å². The second-order valence-electron chi connectivity index (χ2n) is 2.28. The minimum absolute atomic E-state index is 0. The molecule has 4 N–H and O–H groups in total. The Balaban J connectivity index is 0.00000144. The van der Waals surface area contributed by atoms with Gasteiger partial charge in [0.15, 0.2) is 11.5 Å². The molecule has 0 amide bonds. The number of hydrogen-bond acceptors (Lipinski definition) is 4. The molecule has 4 nitrogen and oxygen atoms in total. The van der Waals surface area contributed by atoms with Crippen molar-refractivity contribution in [1.82, 2.24) is 6.15 Å². The monoisotopic (exact) mass is 183 g/mol. The number of aromatic hydroxyl groups is 1. The molecule has 0 aliphatic carbocycles. The fourth-order valence-electron chi connectivity index (χ4n) is 0.875. The van der Waals surface area contributed by atoms with Crippen LogP contribution in [0.4, 0.5) is 0 Å². The fraction of sp³-hybridized carbons (Fsp3) is 0.222. The van der Waals surface area contributed by atoms with Gasteiger partial charge in [-0.3, -0.25) is 4.79 Å². The summed E-state index contributed by atoms with van der Waals surface area (Å²) in [6, 6.07) is 4.48. The van der Waals surface area contributed by atoms with E-state index in [9.17, 15) is 9.90 Å². The maximum Gasteiger partial charge on any atom is 0.161 e. The van der Waals surface area contributed by atoms with Gasteiger partial charge in [-0.25, -0.2) is 0 Å². The first kappa shape index (κ1) is 11.4. The van der Waals surface area contributed by atoms with Crippen LogP contribution in [0.1, 0.15) is 17.3 Å². The molecule has 0 saturated heterocycles. The van der Waals surface area contributed by atoms with E-state index in [4.69, 9.17) is 4.74 Å². The summed E-state index contributed by atoms with van der Waals surface area (Å²) in [6.45, 7) is 2.28. The molecule has 0 unspecified atom stereocenters. The number of phenolic OH excluding ortho intramolecular Hbond substituents is 1. The van der Waals surface area contributed by atoms with Gasteiger partial charge >= 0.3 is 0 Å². The third-order valence-corrected chi connectivity index (χ3v) is 1.42. The van der Waals surface area contributed by atoms with E-state index < -0.39 is 0 Å². The first-order chi connectivity index (χ1) is 5.77. The SMILES string of the molecule is CCOc1cc(C=O)ccc1O.N. The highest BCUT2D eigenvalue weighted by atomic mass is 16.5. The van der Waals surface area contributed by atoms with E-state index in [1.807, 2.05) is 6.92 Å². The molecule has 0 fully saturated rings. The van der Waals surface area contributed by atoms with Crippen molar-refractivity contribution in [3.05, 3.63) is 23.8 Å². The summed E-state index contributed by atoms with van der Waals surface area (Å²) in [5.74, 6) is 0.407. The van der Waals surface area contributed by atoms with Crippen molar-refractivity contribution in [2.45, 2.75) is 6.92 Å². The number of benzene rings is 1. The van der Waals surface area contributed by atoms with Crippen LogP contribution in [0.15, 0.2) is 18.2 Å². The van der Waals surface area contributed by atoms with Crippen molar-refractivity contribution >= 4 is 6.29 Å². The Bertz CT molecular complexity index is 286. The van der Waals surface area contributed by atoms with E-state index in [0.29, 0.717) is 24.2 Å². The Hall–Kier alpha value is -1.55. The molecule has 0 bridgehead atoms. The lowest BCUT2D eigenvalue weighted by molar-refractivity contribution is 0.112. The highest BCUT2D eigenvalue weighted by Crippen LogP contribution is 2.25. The van der Waals surface area contributed by atoms with Crippen LogP contribution in [0.25, 0.3) is 0 Å². The normalized spacial score (nSPS) is 8.69. The van der Waals surface area contributed by atoms with Crippen LogP contribution in [0.5, 0.6) is 11.5 Å². The maximum atomic E-state index is 10.3. The number of rotatable bonds is 3. The molecule has 0 aliphatic rings. The van der Waals surface area contributed by atoms with Crippen molar-refractivity contribution in [2.24, 2.45) is 0 Å². The molecule has 4 heteroatoms. The largest absolute Gasteiger partial charge is 0.504 e. The van der Waals surface area contributed by atoms with Gasteiger partial charge in [0.2, 0.25) is 0 Å². The molecule has 1 rings (SSSR count). The van der Waals surface area contributed by atoms with Crippen LogP contribution in [-0.4, -0.2) is 18.0 Å². The lowest BCUT2D eigenvalue weighted by Gasteiger charge is -2.04. The Morgan fingerprint density at radius 1 is 1.54 bits per heavy atom. The molecule has 0 aromatic heterocycles. The lowest BCUT2D eigenvalue weighted by Crippen LogP contribution is -1.92. The number of carbonyl (C=O) groups excluding carboxylic acids is 1. The average molecular weight is 183 g/mol. The summed E-state index contributed by atoms with van der Waals surface area (Å²) < 4.78 is 5.07. The van der Waals surface area contributed by atoms with E-state index >= 15 is 0 Å². The molecule has 0 atom stereocenters. The highest BCUT2D eigenvalue weighted by Gasteiger charge is 2.01. The quantitative estimate of drug-likeness (QED) is 0.699. The predicted octanol–water partition coefficient (Wildman–Crippen LogP) is 1.77. The van der Waals surface area contributed by atoms with Crippen LogP contribution in [0.3, 0.4) is 0 Å². The van der Waals surface area contributed by atoms with Crippen LogP contribution in [-0.2, 0) is 0 Å². The lowest BCUT2D eigenvalue weighted by atomic mass is 10.2. The van der Waals surface area contributed by atoms with Gasteiger partial charge in [-0.15, -0.1) is 0 Å². The molecule has 0 radical (unpaired) electrons. The van der Waals surface area contributed by atoms with Gasteiger partial charge in [0.1, 0.15) is 6.29 Å². The van der Waals surface area contributed by atoms with Crippen molar-refractivity contribution in [3.8, 4) is 11.5 Å². The summed E-state index contributed by atoms with van der Waals surface area (Å²) >= 11 is 0. The van der Waals surface area contributed by atoms with Crippen LogP contribution < -0.4 is 10.9 Å². The van der Waals surface area contributed by atoms with Gasteiger partial charge in [-0.05, 0) is 25.1 Å². The standard InChI is InChI=1S/C9H10O3.H3N/c1-2-12-9-5-7(6-10)3-4-8(9)11;/h3-6,11H,2H2,1H3;1H3. The van der Waals surface area contributed by atoms with Gasteiger partial charge in [-0.2, -0.15) is 0 Å². The number of ether oxygens (including phenoxy) is 1. The van der Waals surface area contributed by atoms with E-state index in [-0.39, 0.29) is 11.9 Å². The van der Waals surface area contributed by atoms with Crippen molar-refractivity contribution < 1.29 is 14.6 Å². The van der Waals surface area contributed by atoms with Crippen LogP contribution in [0, 0.1) is 0 Å². The summed E-state index contributed by atoms with van der Waals surface area (Å²) in [5, 5.41) is 9.22. The number of phenols is 1. The molecule has 1 aromatic carbocycles. The Kier molecular flexibility index (Phi) is 4.54. The molecule has 0 aliphatic heterocycles. The molecular formula is C9H13NO3. The average Bonchev–Trinajstić information content (AvgIpc) is 2.09. The Morgan fingerprint density at radius 2 is 2.23 bits per heavy atom. The minimum Gasteiger partial charge on any atom is -0.504 e. The smallest absolute Gasteiger partial charge is 0.161 e. The second kappa shape index (κ2) is 5.16. The fourth-order valence-corrected chi connectivity index (χ4v) is 0.875. The third kappa shape index (κ3) is 2.76. The zero-order valence-corrected chi connectivity index (χ0v) is 7.49. The van der Waals surface area contributed by atoms with Crippen LogP contribution in [0.2, 0.25) is 0 Å². The van der Waals surface area contributed by atoms with E-state index in [2.05, 4.69) is 0 Å². The second-order valence-corrected chi connectivity index (χ2v) is 2.28. The van der Waals surface area contributed by atoms with Gasteiger partial charge in [-0.1, -0.05) is 0 Å². The van der Waals surface area contributed by atoms with Crippen molar-refractivity contribution in [2.75, 3.05) is 6.61 Å². The first-order valence-electron chi connectivity index (χ1n) is 3.69. The zero-order valence-electron chi connectivity index (χ0n) is 7.49. The maximum absolute atomic E-state index is 10.3. The van der Waals surface area contributed by atoms with E-state index in [1.165, 1.54) is 18.2 Å². The molecule has 0 heterocycles. The molecule has 0 saturated carbocycles. The predicted molar refractivity (Wildman–Crippen MR) is 49.7 cm³/mol. The Labute approximate surface area is 76.7 Å². The third-order valence-electron chi connectivity index (χ3n) is 1.42. The Morgan fingerprint density at radius 3 is 2.77 bits per heavy atom. The summed E-state index contributed by atoms with van der Waals surface area (Å²) in [7, 11) is 0. The van der Waals surface area contributed by atoms with Crippen molar-refractivity contribution in [1.29, 1.82) is 0 Å². The van der Waals surface area contributed by atoms with Gasteiger partial charge in [0.25, 0.3) is 0 Å². The molecule has 0 spiro atoms. The van der Waals surface area contributed by atoms with E-state index in [1.54, 1.807) is 0 Å². The van der Waals surface area contributed by atoms with Crippen molar-refractivity contribution in [3.63, 3.8) is 0 Å². The van der Waals surface area contributed by atoms with Gasteiger partial charge < -0.3 is 16.0 Å². The van der Waals surface area contributed by atoms with Gasteiger partial charge in [0.05, 0.1) is 6.61 Å².